The molecular formula is C13H17ClO6. The van der Waals surface area contributed by atoms with Crippen LogP contribution in [-0.2, 0) is 16.1 Å². The van der Waals surface area contributed by atoms with Crippen molar-refractivity contribution in [3.8, 4) is 0 Å². The van der Waals surface area contributed by atoms with Gasteiger partial charge in [0.05, 0.1) is 13.2 Å². The average molecular weight is 305 g/mol. The van der Waals surface area contributed by atoms with E-state index in [9.17, 15) is 15.3 Å². The summed E-state index contributed by atoms with van der Waals surface area (Å²) in [6, 6.07) is 6.92. The van der Waals surface area contributed by atoms with Crippen LogP contribution in [0.4, 0.5) is 0 Å². The largest absolute Gasteiger partial charge is 0.394 e. The molecule has 7 heteroatoms. The molecule has 1 aliphatic heterocycles. The van der Waals surface area contributed by atoms with Crippen LogP contribution in [0.3, 0.4) is 0 Å². The lowest BCUT2D eigenvalue weighted by Crippen LogP contribution is -2.59. The third-order valence-electron chi connectivity index (χ3n) is 3.18. The number of ether oxygens (including phenoxy) is 2. The van der Waals surface area contributed by atoms with Crippen LogP contribution in [0.15, 0.2) is 24.3 Å². The fourth-order valence-corrected chi connectivity index (χ4v) is 2.09. The molecule has 0 unspecified atom stereocenters. The molecule has 5 atom stereocenters. The maximum Gasteiger partial charge on any atom is 0.187 e. The first-order valence-corrected chi connectivity index (χ1v) is 6.57. The van der Waals surface area contributed by atoms with E-state index >= 15 is 0 Å². The molecule has 1 heterocycles. The van der Waals surface area contributed by atoms with Gasteiger partial charge in [0.1, 0.15) is 24.4 Å². The second kappa shape index (κ2) is 6.82. The number of halogens is 1. The number of rotatable bonds is 4. The van der Waals surface area contributed by atoms with E-state index in [1.165, 1.54) is 0 Å². The molecule has 1 saturated heterocycles. The zero-order chi connectivity index (χ0) is 14.7. The van der Waals surface area contributed by atoms with Gasteiger partial charge in [-0.05, 0) is 17.7 Å². The van der Waals surface area contributed by atoms with Crippen molar-refractivity contribution < 1.29 is 29.9 Å². The summed E-state index contributed by atoms with van der Waals surface area (Å²) in [7, 11) is 0. The summed E-state index contributed by atoms with van der Waals surface area (Å²) < 4.78 is 10.6. The summed E-state index contributed by atoms with van der Waals surface area (Å²) in [5.41, 5.74) is 0.811. The molecule has 0 amide bonds. The highest BCUT2D eigenvalue weighted by Crippen LogP contribution is 2.23. The molecule has 1 aromatic rings. The summed E-state index contributed by atoms with van der Waals surface area (Å²) in [4.78, 5) is 0. The van der Waals surface area contributed by atoms with Crippen molar-refractivity contribution in [3.63, 3.8) is 0 Å². The molecule has 0 aromatic heterocycles. The average Bonchev–Trinajstić information content (AvgIpc) is 2.46. The Morgan fingerprint density at radius 2 is 1.70 bits per heavy atom. The van der Waals surface area contributed by atoms with Crippen molar-refractivity contribution in [2.24, 2.45) is 0 Å². The van der Waals surface area contributed by atoms with Gasteiger partial charge in [0.25, 0.3) is 0 Å². The molecule has 20 heavy (non-hydrogen) atoms. The van der Waals surface area contributed by atoms with E-state index < -0.39 is 37.3 Å². The minimum atomic E-state index is -1.43. The number of hydrogen-bond acceptors (Lipinski definition) is 6. The van der Waals surface area contributed by atoms with Gasteiger partial charge in [-0.1, -0.05) is 23.7 Å². The van der Waals surface area contributed by atoms with Crippen molar-refractivity contribution in [3.05, 3.63) is 34.9 Å². The standard InChI is InChI=1S/C13H17ClO6/c14-8-3-1-7(2-4-8)6-19-13-12(18)11(17)10(16)9(5-15)20-13/h1-4,9-13,15-18H,5-6H2/t9-,10-,11+,12-,13+/m1/s1. The first kappa shape index (κ1) is 15.7. The SMILES string of the molecule is OC[C@H]1O[C@H](OCc2ccc(Cl)cc2)[C@H](O)[C@@H](O)[C@@H]1O. The summed E-state index contributed by atoms with van der Waals surface area (Å²) >= 11 is 5.76. The van der Waals surface area contributed by atoms with Crippen LogP contribution >= 0.6 is 11.6 Å². The molecule has 0 radical (unpaired) electrons. The molecule has 0 saturated carbocycles. The first-order chi connectivity index (χ1) is 9.52. The Balaban J connectivity index is 1.95. The Labute approximate surface area is 121 Å². The molecular weight excluding hydrogens is 288 g/mol. The molecule has 0 spiro atoms. The maximum absolute atomic E-state index is 9.78. The Bertz CT molecular complexity index is 423. The lowest BCUT2D eigenvalue weighted by atomic mass is 9.99. The third-order valence-corrected chi connectivity index (χ3v) is 3.43. The molecule has 1 aromatic carbocycles. The van der Waals surface area contributed by atoms with Gasteiger partial charge in [-0.3, -0.25) is 0 Å². The minimum absolute atomic E-state index is 0.139. The Morgan fingerprint density at radius 1 is 1.05 bits per heavy atom. The quantitative estimate of drug-likeness (QED) is 0.607. The smallest absolute Gasteiger partial charge is 0.187 e. The van der Waals surface area contributed by atoms with Crippen LogP contribution in [0.5, 0.6) is 0 Å². The van der Waals surface area contributed by atoms with Gasteiger partial charge in [-0.25, -0.2) is 0 Å². The fraction of sp³-hybridized carbons (Fsp3) is 0.538. The third kappa shape index (κ3) is 3.48. The molecule has 4 N–H and O–H groups in total. The van der Waals surface area contributed by atoms with E-state index in [0.29, 0.717) is 5.02 Å². The zero-order valence-electron chi connectivity index (χ0n) is 10.6. The van der Waals surface area contributed by atoms with E-state index in [-0.39, 0.29) is 6.61 Å². The highest BCUT2D eigenvalue weighted by Gasteiger charge is 2.43. The van der Waals surface area contributed by atoms with Crippen LogP contribution in [0, 0.1) is 0 Å². The molecule has 0 bridgehead atoms. The van der Waals surface area contributed by atoms with Crippen LogP contribution in [-0.4, -0.2) is 57.7 Å². The normalized spacial score (nSPS) is 34.1. The fourth-order valence-electron chi connectivity index (χ4n) is 1.96. The van der Waals surface area contributed by atoms with E-state index in [1.54, 1.807) is 24.3 Å². The van der Waals surface area contributed by atoms with Gasteiger partial charge in [0.15, 0.2) is 6.29 Å². The summed E-state index contributed by atoms with van der Waals surface area (Å²) in [5.74, 6) is 0. The lowest BCUT2D eigenvalue weighted by Gasteiger charge is -2.39. The Hall–Kier alpha value is -0.730. The van der Waals surface area contributed by atoms with Crippen molar-refractivity contribution in [1.82, 2.24) is 0 Å². The summed E-state index contributed by atoms with van der Waals surface area (Å²) in [6.45, 7) is -0.342. The van der Waals surface area contributed by atoms with E-state index in [2.05, 4.69) is 0 Å². The first-order valence-electron chi connectivity index (χ1n) is 6.19. The highest BCUT2D eigenvalue weighted by molar-refractivity contribution is 6.30. The van der Waals surface area contributed by atoms with Crippen molar-refractivity contribution in [2.45, 2.75) is 37.3 Å². The Kier molecular flexibility index (Phi) is 5.34. The summed E-state index contributed by atoms with van der Waals surface area (Å²) in [5, 5.41) is 38.7. The molecule has 6 nitrogen and oxygen atoms in total. The summed E-state index contributed by atoms with van der Waals surface area (Å²) in [6.07, 6.45) is -6.30. The monoisotopic (exact) mass is 304 g/mol. The van der Waals surface area contributed by atoms with Gasteiger partial charge < -0.3 is 29.9 Å². The van der Waals surface area contributed by atoms with E-state index in [0.717, 1.165) is 5.56 Å². The number of hydrogen-bond donors (Lipinski definition) is 4. The highest BCUT2D eigenvalue weighted by atomic mass is 35.5. The topological polar surface area (TPSA) is 99.4 Å². The van der Waals surface area contributed by atoms with Crippen LogP contribution in [0.1, 0.15) is 5.56 Å². The van der Waals surface area contributed by atoms with Crippen molar-refractivity contribution in [2.75, 3.05) is 6.61 Å². The zero-order valence-corrected chi connectivity index (χ0v) is 11.3. The van der Waals surface area contributed by atoms with E-state index in [1.807, 2.05) is 0 Å². The van der Waals surface area contributed by atoms with Crippen LogP contribution in [0.25, 0.3) is 0 Å². The maximum atomic E-state index is 9.78. The van der Waals surface area contributed by atoms with Gasteiger partial charge in [0.2, 0.25) is 0 Å². The van der Waals surface area contributed by atoms with Gasteiger partial charge >= 0.3 is 0 Å². The lowest BCUT2D eigenvalue weighted by molar-refractivity contribution is -0.304. The molecule has 0 aliphatic carbocycles. The van der Waals surface area contributed by atoms with Gasteiger partial charge in [-0.15, -0.1) is 0 Å². The predicted octanol–water partition coefficient (Wildman–Crippen LogP) is -0.343. The van der Waals surface area contributed by atoms with Crippen LogP contribution < -0.4 is 0 Å². The van der Waals surface area contributed by atoms with Gasteiger partial charge in [-0.2, -0.15) is 0 Å². The van der Waals surface area contributed by atoms with Gasteiger partial charge in [0, 0.05) is 5.02 Å². The van der Waals surface area contributed by atoms with Crippen molar-refractivity contribution >= 4 is 11.6 Å². The molecule has 1 aliphatic rings. The second-order valence-electron chi connectivity index (χ2n) is 4.63. The van der Waals surface area contributed by atoms with Crippen LogP contribution in [0.2, 0.25) is 5.02 Å². The van der Waals surface area contributed by atoms with E-state index in [4.69, 9.17) is 26.2 Å². The molecule has 2 rings (SSSR count). The molecule has 112 valence electrons. The predicted molar refractivity (Wildman–Crippen MR) is 70.0 cm³/mol. The molecule has 1 fully saturated rings. The number of aliphatic hydroxyl groups excluding tert-OH is 4. The number of aliphatic hydroxyl groups is 4. The minimum Gasteiger partial charge on any atom is -0.394 e. The number of benzene rings is 1. The second-order valence-corrected chi connectivity index (χ2v) is 5.07. The Morgan fingerprint density at radius 3 is 2.30 bits per heavy atom. The van der Waals surface area contributed by atoms with Crippen molar-refractivity contribution in [1.29, 1.82) is 0 Å².